The summed E-state index contributed by atoms with van der Waals surface area (Å²) < 4.78 is 5.14. The van der Waals surface area contributed by atoms with Gasteiger partial charge in [-0.3, -0.25) is 0 Å². The third-order valence-corrected chi connectivity index (χ3v) is 4.08. The number of ether oxygens (including phenoxy) is 1. The van der Waals surface area contributed by atoms with Crippen molar-refractivity contribution in [3.63, 3.8) is 0 Å². The minimum Gasteiger partial charge on any atom is -0.497 e. The van der Waals surface area contributed by atoms with Gasteiger partial charge in [0.1, 0.15) is 5.75 Å². The summed E-state index contributed by atoms with van der Waals surface area (Å²) in [5.74, 6) is 1.79. The summed E-state index contributed by atoms with van der Waals surface area (Å²) >= 11 is 6.10. The van der Waals surface area contributed by atoms with Crippen molar-refractivity contribution in [1.29, 1.82) is 0 Å². The van der Waals surface area contributed by atoms with Crippen molar-refractivity contribution in [2.75, 3.05) is 7.11 Å². The first-order valence-electron chi connectivity index (χ1n) is 6.93. The number of benzene rings is 2. The molecule has 0 bridgehead atoms. The van der Waals surface area contributed by atoms with Gasteiger partial charge in [-0.05, 0) is 48.2 Å². The molecule has 0 aliphatic rings. The van der Waals surface area contributed by atoms with Crippen molar-refractivity contribution >= 4 is 35.1 Å². The van der Waals surface area contributed by atoms with Gasteiger partial charge in [-0.2, -0.15) is 0 Å². The van der Waals surface area contributed by atoms with Crippen LogP contribution in [0.1, 0.15) is 11.1 Å². The second kappa shape index (κ2) is 8.71. The van der Waals surface area contributed by atoms with Gasteiger partial charge >= 0.3 is 0 Å². The van der Waals surface area contributed by atoms with Crippen LogP contribution in [0.15, 0.2) is 65.0 Å². The maximum Gasteiger partial charge on any atom is 0.118 e. The molecule has 0 aliphatic heterocycles. The summed E-state index contributed by atoms with van der Waals surface area (Å²) in [6.07, 6.45) is 1.91. The van der Waals surface area contributed by atoms with E-state index >= 15 is 0 Å². The van der Waals surface area contributed by atoms with Crippen LogP contribution in [0.5, 0.6) is 5.75 Å². The quantitative estimate of drug-likeness (QED) is 0.435. The highest BCUT2D eigenvalue weighted by Gasteiger charge is 1.94. The molecule has 0 saturated carbocycles. The highest BCUT2D eigenvalue weighted by Crippen LogP contribution is 2.18. The number of aryl methyl sites for hydroxylation is 1. The van der Waals surface area contributed by atoms with Gasteiger partial charge in [0, 0.05) is 5.75 Å². The van der Waals surface area contributed by atoms with Gasteiger partial charge in [0.15, 0.2) is 0 Å². The molecule has 114 valence electrons. The highest BCUT2D eigenvalue weighted by atomic mass is 32.2. The maximum atomic E-state index is 5.14. The van der Waals surface area contributed by atoms with Gasteiger partial charge in [-0.15, -0.1) is 24.4 Å². The lowest BCUT2D eigenvalue weighted by molar-refractivity contribution is 0.414. The monoisotopic (exact) mass is 329 g/mol. The van der Waals surface area contributed by atoms with Crippen molar-refractivity contribution in [2.45, 2.75) is 12.7 Å². The van der Waals surface area contributed by atoms with E-state index in [1.807, 2.05) is 47.9 Å². The number of rotatable bonds is 6. The third kappa shape index (κ3) is 5.62. The Morgan fingerprint density at radius 2 is 1.82 bits per heavy atom. The second-order valence-electron chi connectivity index (χ2n) is 4.77. The molecule has 0 unspecified atom stereocenters. The number of hydrogen-bond acceptors (Lipinski definition) is 3. The zero-order chi connectivity index (χ0) is 15.8. The summed E-state index contributed by atoms with van der Waals surface area (Å²) in [5.41, 5.74) is 3.40. The van der Waals surface area contributed by atoms with Gasteiger partial charge < -0.3 is 4.74 Å². The Morgan fingerprint density at radius 3 is 2.45 bits per heavy atom. The van der Waals surface area contributed by atoms with Gasteiger partial charge in [0.2, 0.25) is 0 Å². The zero-order valence-electron chi connectivity index (χ0n) is 12.7. The molecule has 0 atom stereocenters. The van der Waals surface area contributed by atoms with E-state index in [2.05, 4.69) is 36.7 Å². The average molecular weight is 329 g/mol. The molecule has 2 aromatic carbocycles. The summed E-state index contributed by atoms with van der Waals surface area (Å²) in [6, 6.07) is 16.2. The number of methoxy groups -OCH3 is 1. The van der Waals surface area contributed by atoms with Crippen LogP contribution >= 0.6 is 24.4 Å². The second-order valence-corrected chi connectivity index (χ2v) is 6.12. The number of thioether (sulfide) groups is 1. The molecule has 0 aliphatic carbocycles. The Kier molecular flexibility index (Phi) is 6.62. The predicted molar refractivity (Wildman–Crippen MR) is 101 cm³/mol. The fourth-order valence-corrected chi connectivity index (χ4v) is 2.76. The lowest BCUT2D eigenvalue weighted by atomic mass is 10.2. The van der Waals surface area contributed by atoms with E-state index in [0.29, 0.717) is 5.04 Å². The van der Waals surface area contributed by atoms with Crippen LogP contribution in [0.25, 0.3) is 0 Å². The van der Waals surface area contributed by atoms with Crippen LogP contribution < -0.4 is 4.74 Å². The van der Waals surface area contributed by atoms with E-state index < -0.39 is 0 Å². The van der Waals surface area contributed by atoms with E-state index in [9.17, 15) is 0 Å². The molecule has 0 heterocycles. The Hall–Kier alpha value is -1.65. The molecule has 0 N–H and O–H groups in total. The van der Waals surface area contributed by atoms with Crippen LogP contribution in [0, 0.1) is 6.92 Å². The lowest BCUT2D eigenvalue weighted by Crippen LogP contribution is -1.83. The fourth-order valence-electron chi connectivity index (χ4n) is 1.76. The summed E-state index contributed by atoms with van der Waals surface area (Å²) in [7, 11) is 1.67. The summed E-state index contributed by atoms with van der Waals surface area (Å²) in [4.78, 5) is 4.43. The molecule has 22 heavy (non-hydrogen) atoms. The molecule has 2 aromatic rings. The molecular weight excluding hydrogens is 310 g/mol. The Balaban J connectivity index is 1.84. The SMILES string of the molecule is COc1ccc(CSC=CC(S)=Nc2ccc(C)cc2)cc1. The molecule has 2 nitrogen and oxygen atoms in total. The topological polar surface area (TPSA) is 21.6 Å². The fraction of sp³-hybridized carbons (Fsp3) is 0.167. The third-order valence-electron chi connectivity index (χ3n) is 3.00. The minimum absolute atomic E-state index is 0.700. The van der Waals surface area contributed by atoms with E-state index in [1.165, 1.54) is 11.1 Å². The van der Waals surface area contributed by atoms with Gasteiger partial charge in [-0.25, -0.2) is 4.99 Å². The minimum atomic E-state index is 0.700. The smallest absolute Gasteiger partial charge is 0.118 e. The van der Waals surface area contributed by atoms with Crippen molar-refractivity contribution in [2.24, 2.45) is 4.99 Å². The molecule has 0 radical (unpaired) electrons. The van der Waals surface area contributed by atoms with Crippen LogP contribution in [0.4, 0.5) is 5.69 Å². The van der Waals surface area contributed by atoms with E-state index in [0.717, 1.165) is 17.2 Å². The van der Waals surface area contributed by atoms with Gasteiger partial charge in [0.05, 0.1) is 17.8 Å². The lowest BCUT2D eigenvalue weighted by Gasteiger charge is -2.01. The molecule has 0 amide bonds. The largest absolute Gasteiger partial charge is 0.497 e. The van der Waals surface area contributed by atoms with Gasteiger partial charge in [0.25, 0.3) is 0 Å². The Morgan fingerprint density at radius 1 is 1.14 bits per heavy atom. The number of aliphatic imine (C=N–C) groups is 1. The molecule has 0 aromatic heterocycles. The summed E-state index contributed by atoms with van der Waals surface area (Å²) in [6.45, 7) is 2.06. The first-order valence-corrected chi connectivity index (χ1v) is 8.42. The molecular formula is C18H19NOS2. The summed E-state index contributed by atoms with van der Waals surface area (Å²) in [5, 5.41) is 2.72. The number of hydrogen-bond donors (Lipinski definition) is 1. The average Bonchev–Trinajstić information content (AvgIpc) is 2.54. The molecule has 2 rings (SSSR count). The number of nitrogens with zero attached hydrogens (tertiary/aromatic N) is 1. The first-order chi connectivity index (χ1) is 10.7. The van der Waals surface area contributed by atoms with E-state index in [4.69, 9.17) is 4.74 Å². The number of thiol groups is 1. The Labute approximate surface area is 141 Å². The standard InChI is InChI=1S/C18H19NOS2/c1-14-3-7-16(8-4-14)19-18(21)11-12-22-13-15-5-9-17(20-2)10-6-15/h3-12H,13H2,1-2H3,(H,19,21). The van der Waals surface area contributed by atoms with Gasteiger partial charge in [-0.1, -0.05) is 29.8 Å². The Bertz CT molecular complexity index is 646. The highest BCUT2D eigenvalue weighted by molar-refractivity contribution is 8.01. The molecule has 0 fully saturated rings. The molecule has 0 saturated heterocycles. The van der Waals surface area contributed by atoms with Crippen LogP contribution in [-0.4, -0.2) is 12.2 Å². The van der Waals surface area contributed by atoms with E-state index in [1.54, 1.807) is 18.9 Å². The zero-order valence-corrected chi connectivity index (χ0v) is 14.4. The van der Waals surface area contributed by atoms with E-state index in [-0.39, 0.29) is 0 Å². The van der Waals surface area contributed by atoms with Crippen molar-refractivity contribution in [3.05, 3.63) is 71.1 Å². The predicted octanol–water partition coefficient (Wildman–Crippen LogP) is 5.41. The van der Waals surface area contributed by atoms with Crippen molar-refractivity contribution in [3.8, 4) is 5.75 Å². The first kappa shape index (κ1) is 16.7. The van der Waals surface area contributed by atoms with Crippen LogP contribution in [0.3, 0.4) is 0 Å². The molecule has 4 heteroatoms. The van der Waals surface area contributed by atoms with Crippen LogP contribution in [-0.2, 0) is 5.75 Å². The van der Waals surface area contributed by atoms with Crippen LogP contribution in [0.2, 0.25) is 0 Å². The van der Waals surface area contributed by atoms with Crippen molar-refractivity contribution in [1.82, 2.24) is 0 Å². The maximum absolute atomic E-state index is 5.14. The van der Waals surface area contributed by atoms with Crippen molar-refractivity contribution < 1.29 is 4.74 Å². The molecule has 0 spiro atoms. The normalized spacial score (nSPS) is 11.9.